The van der Waals surface area contributed by atoms with Crippen molar-refractivity contribution in [2.45, 2.75) is 33.9 Å². The average Bonchev–Trinajstić information content (AvgIpc) is 2.94. The highest BCUT2D eigenvalue weighted by Crippen LogP contribution is 2.55. The van der Waals surface area contributed by atoms with Crippen LogP contribution in [0.2, 0.25) is 0 Å². The van der Waals surface area contributed by atoms with Crippen LogP contribution in [0, 0.1) is 0 Å². The molecular weight excluding hydrogens is 358 g/mol. The zero-order valence-electron chi connectivity index (χ0n) is 14.4. The van der Waals surface area contributed by atoms with Gasteiger partial charge in [0.05, 0.1) is 38.3 Å². The van der Waals surface area contributed by atoms with Crippen LogP contribution < -0.4 is 0 Å². The van der Waals surface area contributed by atoms with Gasteiger partial charge in [0.25, 0.3) is 5.52 Å². The number of carbonyl (C=O) groups excluding carboxylic acids is 1. The smallest absolute Gasteiger partial charge is 0.401 e. The largest absolute Gasteiger partial charge is 0.468 e. The molecule has 10 heteroatoms. The van der Waals surface area contributed by atoms with Crippen molar-refractivity contribution < 1.29 is 36.4 Å². The maximum absolute atomic E-state index is 12.6. The topological polar surface area (TPSA) is 101 Å². The van der Waals surface area contributed by atoms with E-state index in [4.69, 9.17) is 22.5 Å². The molecule has 1 heterocycles. The Hall–Kier alpha value is -0.750. The summed E-state index contributed by atoms with van der Waals surface area (Å²) in [7, 11) is -7.47. The lowest BCUT2D eigenvalue weighted by Crippen LogP contribution is -2.09. The quantitative estimate of drug-likeness (QED) is 0.489. The van der Waals surface area contributed by atoms with Gasteiger partial charge in [0, 0.05) is 0 Å². The van der Waals surface area contributed by atoms with E-state index in [2.05, 4.69) is 0 Å². The molecule has 0 aliphatic rings. The number of hydrogen-bond acceptors (Lipinski definition) is 8. The monoisotopic (exact) mass is 382 g/mol. The Morgan fingerprint density at radius 1 is 0.958 bits per heavy atom. The molecule has 0 N–H and O–H groups in total. The molecule has 8 nitrogen and oxygen atoms in total. The fourth-order valence-electron chi connectivity index (χ4n) is 1.99. The van der Waals surface area contributed by atoms with Gasteiger partial charge in [0.1, 0.15) is 11.9 Å². The van der Waals surface area contributed by atoms with Crippen LogP contribution in [0.15, 0.2) is 16.7 Å². The Morgan fingerprint density at radius 2 is 1.46 bits per heavy atom. The Morgan fingerprint density at radius 3 is 1.92 bits per heavy atom. The van der Waals surface area contributed by atoms with E-state index in [1.165, 1.54) is 12.3 Å². The summed E-state index contributed by atoms with van der Waals surface area (Å²) < 4.78 is 50.9. The van der Waals surface area contributed by atoms with Crippen LogP contribution in [-0.2, 0) is 33.4 Å². The van der Waals surface area contributed by atoms with E-state index in [1.807, 2.05) is 0 Å². The van der Waals surface area contributed by atoms with Gasteiger partial charge in [0.15, 0.2) is 0 Å². The van der Waals surface area contributed by atoms with Gasteiger partial charge >= 0.3 is 15.2 Å². The lowest BCUT2D eigenvalue weighted by atomic mass is 10.3. The number of rotatable bonds is 12. The summed E-state index contributed by atoms with van der Waals surface area (Å²) in [5.74, 6) is 0.0601. The molecule has 0 bridgehead atoms. The zero-order chi connectivity index (χ0) is 18.2. The van der Waals surface area contributed by atoms with Gasteiger partial charge in [0.2, 0.25) is 0 Å². The lowest BCUT2D eigenvalue weighted by molar-refractivity contribution is 0.0999. The maximum atomic E-state index is 12.6. The van der Waals surface area contributed by atoms with E-state index in [1.54, 1.807) is 27.7 Å². The molecule has 0 aliphatic heterocycles. The summed E-state index contributed by atoms with van der Waals surface area (Å²) in [6.07, 6.45) is 0.994. The second-order valence-electron chi connectivity index (χ2n) is 4.50. The van der Waals surface area contributed by atoms with Crippen LogP contribution in [0.1, 0.15) is 43.8 Å². The van der Waals surface area contributed by atoms with E-state index in [-0.39, 0.29) is 43.9 Å². The van der Waals surface area contributed by atoms with E-state index in [0.29, 0.717) is 0 Å². The van der Waals surface area contributed by atoms with Crippen LogP contribution in [0.4, 0.5) is 0 Å². The van der Waals surface area contributed by atoms with Crippen LogP contribution in [0.3, 0.4) is 0 Å². The van der Waals surface area contributed by atoms with Crippen LogP contribution in [-0.4, -0.2) is 32.0 Å². The van der Waals surface area contributed by atoms with E-state index >= 15 is 0 Å². The Labute approximate surface area is 141 Å². The highest BCUT2D eigenvalue weighted by atomic mass is 31.2. The summed E-state index contributed by atoms with van der Waals surface area (Å²) in [5, 5.41) is 0. The first-order valence-electron chi connectivity index (χ1n) is 7.74. The maximum Gasteiger partial charge on any atom is 0.401 e. The van der Waals surface area contributed by atoms with Gasteiger partial charge in [-0.25, -0.2) is 0 Å². The van der Waals surface area contributed by atoms with Crippen molar-refractivity contribution in [2.75, 3.05) is 26.4 Å². The van der Waals surface area contributed by atoms with E-state index in [9.17, 15) is 13.9 Å². The second kappa shape index (κ2) is 9.66. The molecule has 0 radical (unpaired) electrons. The molecule has 0 spiro atoms. The van der Waals surface area contributed by atoms with Gasteiger partial charge in [-0.15, -0.1) is 0 Å². The molecule has 0 unspecified atom stereocenters. The molecule has 0 saturated heterocycles. The minimum absolute atomic E-state index is 0.0140. The molecule has 24 heavy (non-hydrogen) atoms. The van der Waals surface area contributed by atoms with Crippen molar-refractivity contribution >= 4 is 20.7 Å². The van der Waals surface area contributed by atoms with E-state index in [0.717, 1.165) is 0 Å². The van der Waals surface area contributed by atoms with Crippen LogP contribution >= 0.6 is 15.2 Å². The first kappa shape index (κ1) is 21.3. The average molecular weight is 382 g/mol. The normalized spacial score (nSPS) is 12.5. The van der Waals surface area contributed by atoms with Crippen molar-refractivity contribution in [1.82, 2.24) is 0 Å². The molecule has 138 valence electrons. The van der Waals surface area contributed by atoms with Gasteiger partial charge in [-0.05, 0) is 33.8 Å². The van der Waals surface area contributed by atoms with Crippen molar-refractivity contribution in [3.05, 3.63) is 23.7 Å². The molecule has 1 aromatic heterocycles. The predicted molar refractivity (Wildman–Crippen MR) is 88.5 cm³/mol. The minimum Gasteiger partial charge on any atom is -0.468 e. The molecule has 0 aromatic carbocycles. The molecular formula is C14H24O8P2. The third kappa shape index (κ3) is 5.38. The summed E-state index contributed by atoms with van der Waals surface area (Å²) in [6.45, 7) is 7.02. The first-order valence-corrected chi connectivity index (χ1v) is 11.0. The highest BCUT2D eigenvalue weighted by Gasteiger charge is 2.39. The van der Waals surface area contributed by atoms with Crippen molar-refractivity contribution in [3.8, 4) is 0 Å². The SMILES string of the molecule is CCOP(=O)(Cc1occc1C(=O)P(=O)(OCC)OCC)OCC. The van der Waals surface area contributed by atoms with Gasteiger partial charge < -0.3 is 22.5 Å². The number of hydrogen-bond donors (Lipinski definition) is 0. The predicted octanol–water partition coefficient (Wildman–Crippen LogP) is 4.45. The molecule has 1 aromatic rings. The minimum atomic E-state index is -3.99. The van der Waals surface area contributed by atoms with Gasteiger partial charge in [-0.2, -0.15) is 0 Å². The lowest BCUT2D eigenvalue weighted by Gasteiger charge is -2.18. The summed E-state index contributed by atoms with van der Waals surface area (Å²) in [6, 6.07) is 1.34. The summed E-state index contributed by atoms with van der Waals surface area (Å²) >= 11 is 0. The Kier molecular flexibility index (Phi) is 8.57. The second-order valence-corrected chi connectivity index (χ2v) is 8.47. The highest BCUT2D eigenvalue weighted by molar-refractivity contribution is 7.72. The standard InChI is InChI=1S/C14H24O8P2/c1-5-19-23(16,20-6-2)11-13-12(9-10-18-13)14(15)24(17,21-7-3)22-8-4/h9-10H,5-8,11H2,1-4H3. The number of carbonyl (C=O) groups is 1. The van der Waals surface area contributed by atoms with E-state index < -0.39 is 20.7 Å². The Balaban J connectivity index is 3.12. The fraction of sp³-hybridized carbons (Fsp3) is 0.643. The molecule has 0 fully saturated rings. The third-order valence-corrected chi connectivity index (χ3v) is 6.72. The summed E-state index contributed by atoms with van der Waals surface area (Å²) in [5.41, 5.74) is -0.852. The molecule has 1 rings (SSSR count). The van der Waals surface area contributed by atoms with Gasteiger partial charge in [-0.3, -0.25) is 13.9 Å². The third-order valence-electron chi connectivity index (χ3n) is 2.81. The van der Waals surface area contributed by atoms with Crippen molar-refractivity contribution in [3.63, 3.8) is 0 Å². The van der Waals surface area contributed by atoms with Crippen molar-refractivity contribution in [2.24, 2.45) is 0 Å². The van der Waals surface area contributed by atoms with Crippen LogP contribution in [0.5, 0.6) is 0 Å². The Bertz CT molecular complexity index is 604. The zero-order valence-corrected chi connectivity index (χ0v) is 16.1. The molecule has 0 aliphatic carbocycles. The molecule has 0 saturated carbocycles. The van der Waals surface area contributed by atoms with Crippen molar-refractivity contribution in [1.29, 1.82) is 0 Å². The number of furan rings is 1. The molecule has 0 amide bonds. The first-order chi connectivity index (χ1) is 11.4. The van der Waals surface area contributed by atoms with Crippen LogP contribution in [0.25, 0.3) is 0 Å². The molecule has 0 atom stereocenters. The fourth-order valence-corrected chi connectivity index (χ4v) is 5.12. The van der Waals surface area contributed by atoms with Gasteiger partial charge in [-0.1, -0.05) is 0 Å². The summed E-state index contributed by atoms with van der Waals surface area (Å²) in [4.78, 5) is 12.6.